The van der Waals surface area contributed by atoms with E-state index in [0.29, 0.717) is 31.0 Å². The largest absolute Gasteiger partial charge is 0.472 e. The molecule has 0 bridgehead atoms. The number of hydrogen-bond donors (Lipinski definition) is 3. The molecule has 4 N–H and O–H groups in total. The van der Waals surface area contributed by atoms with E-state index in [1.54, 1.807) is 12.1 Å². The average molecular weight is 266 g/mol. The molecule has 1 fully saturated rings. The van der Waals surface area contributed by atoms with Crippen LogP contribution in [0.1, 0.15) is 12.0 Å². The molecular weight excluding hydrogens is 252 g/mol. The molecule has 2 rings (SSSR count). The lowest BCUT2D eigenvalue weighted by molar-refractivity contribution is 0.144. The number of hydrogen-bond acceptors (Lipinski definition) is 5. The third-order valence-electron chi connectivity index (χ3n) is 2.84. The van der Waals surface area contributed by atoms with Crippen LogP contribution in [-0.2, 0) is 0 Å². The minimum absolute atomic E-state index is 0.0306. The molecule has 1 amide bonds. The third kappa shape index (κ3) is 3.03. The van der Waals surface area contributed by atoms with Gasteiger partial charge in [0, 0.05) is 30.8 Å². The Morgan fingerprint density at radius 3 is 2.89 bits per heavy atom. The van der Waals surface area contributed by atoms with E-state index >= 15 is 0 Å². The minimum atomic E-state index is -0.943. The first-order chi connectivity index (χ1) is 9.10. The maximum Gasteiger partial charge on any atom is 0.407 e. The quantitative estimate of drug-likeness (QED) is 0.313. The highest BCUT2D eigenvalue weighted by atomic mass is 16.5. The molecular formula is C11H14N4O4. The lowest BCUT2D eigenvalue weighted by Crippen LogP contribution is -2.29. The first-order valence-corrected chi connectivity index (χ1v) is 5.68. The molecule has 8 heteroatoms. The molecule has 0 saturated carbocycles. The standard InChI is InChI=1S/C11H14N4O4/c12-10(14-18)7-1-2-9(13-5-7)19-8-3-4-15(6-8)11(16)17/h1-2,5,8,18H,3-4,6H2,(H2,12,14)(H,16,17)/t8-/m1/s1. The van der Waals surface area contributed by atoms with E-state index in [2.05, 4.69) is 10.1 Å². The van der Waals surface area contributed by atoms with Gasteiger partial charge in [0.15, 0.2) is 5.84 Å². The minimum Gasteiger partial charge on any atom is -0.472 e. The Morgan fingerprint density at radius 1 is 1.58 bits per heavy atom. The van der Waals surface area contributed by atoms with Crippen molar-refractivity contribution in [3.05, 3.63) is 23.9 Å². The summed E-state index contributed by atoms with van der Waals surface area (Å²) in [6.07, 6.45) is 0.921. The van der Waals surface area contributed by atoms with Crippen molar-refractivity contribution in [2.45, 2.75) is 12.5 Å². The summed E-state index contributed by atoms with van der Waals surface area (Å²) in [6, 6.07) is 3.21. The number of aromatic nitrogens is 1. The number of oxime groups is 1. The van der Waals surface area contributed by atoms with Crippen molar-refractivity contribution in [2.75, 3.05) is 13.1 Å². The molecule has 0 aliphatic carbocycles. The summed E-state index contributed by atoms with van der Waals surface area (Å²) in [5.74, 6) is 0.351. The van der Waals surface area contributed by atoms with E-state index in [0.717, 1.165) is 0 Å². The predicted octanol–water partition coefficient (Wildman–Crippen LogP) is 0.307. The zero-order valence-electron chi connectivity index (χ0n) is 10.1. The van der Waals surface area contributed by atoms with E-state index < -0.39 is 6.09 Å². The molecule has 19 heavy (non-hydrogen) atoms. The first-order valence-electron chi connectivity index (χ1n) is 5.68. The fourth-order valence-electron chi connectivity index (χ4n) is 1.83. The average Bonchev–Trinajstić information content (AvgIpc) is 2.87. The van der Waals surface area contributed by atoms with Crippen molar-refractivity contribution >= 4 is 11.9 Å². The molecule has 0 unspecified atom stereocenters. The number of nitrogens with two attached hydrogens (primary N) is 1. The molecule has 1 aromatic rings. The number of carbonyl (C=O) groups is 1. The van der Waals surface area contributed by atoms with Crippen molar-refractivity contribution in [2.24, 2.45) is 10.9 Å². The molecule has 1 aromatic heterocycles. The summed E-state index contributed by atoms with van der Waals surface area (Å²) in [6.45, 7) is 0.793. The first kappa shape index (κ1) is 12.9. The number of amides is 1. The summed E-state index contributed by atoms with van der Waals surface area (Å²) >= 11 is 0. The van der Waals surface area contributed by atoms with Gasteiger partial charge in [0.2, 0.25) is 5.88 Å². The normalized spacial score (nSPS) is 19.5. The number of carboxylic acid groups (broad SMARTS) is 1. The Balaban J connectivity index is 1.95. The second-order valence-electron chi connectivity index (χ2n) is 4.13. The third-order valence-corrected chi connectivity index (χ3v) is 2.84. The fourth-order valence-corrected chi connectivity index (χ4v) is 1.83. The van der Waals surface area contributed by atoms with Crippen molar-refractivity contribution in [3.63, 3.8) is 0 Å². The highest BCUT2D eigenvalue weighted by molar-refractivity contribution is 5.96. The van der Waals surface area contributed by atoms with E-state index in [1.165, 1.54) is 11.1 Å². The van der Waals surface area contributed by atoms with Crippen LogP contribution in [0.2, 0.25) is 0 Å². The number of pyridine rings is 1. The molecule has 102 valence electrons. The molecule has 0 aromatic carbocycles. The van der Waals surface area contributed by atoms with E-state index in [-0.39, 0.29) is 11.9 Å². The topological polar surface area (TPSA) is 121 Å². The summed E-state index contributed by atoms with van der Waals surface area (Å²) in [5.41, 5.74) is 5.89. The van der Waals surface area contributed by atoms with Crippen LogP contribution in [0, 0.1) is 0 Å². The molecule has 2 heterocycles. The Morgan fingerprint density at radius 2 is 2.37 bits per heavy atom. The lowest BCUT2D eigenvalue weighted by Gasteiger charge is -2.13. The molecule has 8 nitrogen and oxygen atoms in total. The van der Waals surface area contributed by atoms with Gasteiger partial charge in [-0.05, 0) is 6.07 Å². The zero-order chi connectivity index (χ0) is 13.8. The summed E-state index contributed by atoms with van der Waals surface area (Å²) in [5, 5.41) is 20.2. The number of rotatable bonds is 3. The van der Waals surface area contributed by atoms with Crippen LogP contribution in [0.4, 0.5) is 4.79 Å². The molecule has 1 aliphatic rings. The lowest BCUT2D eigenvalue weighted by atomic mass is 10.2. The van der Waals surface area contributed by atoms with Gasteiger partial charge in [-0.3, -0.25) is 0 Å². The second kappa shape index (κ2) is 5.42. The van der Waals surface area contributed by atoms with Crippen LogP contribution < -0.4 is 10.5 Å². The van der Waals surface area contributed by atoms with Crippen LogP contribution >= 0.6 is 0 Å². The Bertz CT molecular complexity index is 488. The smallest absolute Gasteiger partial charge is 0.407 e. The Labute approximate surface area is 109 Å². The van der Waals surface area contributed by atoms with Crippen LogP contribution in [-0.4, -0.2) is 51.3 Å². The molecule has 1 aliphatic heterocycles. The highest BCUT2D eigenvalue weighted by Gasteiger charge is 2.27. The van der Waals surface area contributed by atoms with E-state index in [9.17, 15) is 4.79 Å². The Kier molecular flexibility index (Phi) is 3.69. The van der Waals surface area contributed by atoms with E-state index in [4.69, 9.17) is 20.8 Å². The van der Waals surface area contributed by atoms with Crippen molar-refractivity contribution in [1.82, 2.24) is 9.88 Å². The monoisotopic (exact) mass is 266 g/mol. The molecule has 0 radical (unpaired) electrons. The van der Waals surface area contributed by atoms with Crippen LogP contribution in [0.3, 0.4) is 0 Å². The van der Waals surface area contributed by atoms with Gasteiger partial charge in [-0.1, -0.05) is 5.16 Å². The van der Waals surface area contributed by atoms with E-state index in [1.807, 2.05) is 0 Å². The van der Waals surface area contributed by atoms with Gasteiger partial charge in [-0.2, -0.15) is 0 Å². The second-order valence-corrected chi connectivity index (χ2v) is 4.13. The van der Waals surface area contributed by atoms with Gasteiger partial charge in [0.05, 0.1) is 6.54 Å². The van der Waals surface area contributed by atoms with Gasteiger partial charge in [-0.25, -0.2) is 9.78 Å². The number of amidine groups is 1. The SMILES string of the molecule is NC(=NO)c1ccc(O[C@@H]2CCN(C(=O)O)C2)nc1. The number of nitrogens with zero attached hydrogens (tertiary/aromatic N) is 3. The van der Waals surface area contributed by atoms with Crippen LogP contribution in [0.5, 0.6) is 5.88 Å². The maximum absolute atomic E-state index is 10.8. The van der Waals surface area contributed by atoms with Gasteiger partial charge in [0.25, 0.3) is 0 Å². The summed E-state index contributed by atoms with van der Waals surface area (Å²) < 4.78 is 5.56. The number of ether oxygens (including phenoxy) is 1. The molecule has 0 spiro atoms. The van der Waals surface area contributed by atoms with Crippen molar-refractivity contribution < 1.29 is 19.8 Å². The van der Waals surface area contributed by atoms with Gasteiger partial charge in [0.1, 0.15) is 6.10 Å². The number of likely N-dealkylation sites (tertiary alicyclic amines) is 1. The van der Waals surface area contributed by atoms with Crippen molar-refractivity contribution in [3.8, 4) is 5.88 Å². The molecule has 1 saturated heterocycles. The molecule has 1 atom stereocenters. The Hall–Kier alpha value is -2.51. The summed E-state index contributed by atoms with van der Waals surface area (Å²) in [4.78, 5) is 16.1. The zero-order valence-corrected chi connectivity index (χ0v) is 10.1. The van der Waals surface area contributed by atoms with Gasteiger partial charge < -0.3 is 25.7 Å². The van der Waals surface area contributed by atoms with Gasteiger partial charge >= 0.3 is 6.09 Å². The predicted molar refractivity (Wildman–Crippen MR) is 65.4 cm³/mol. The fraction of sp³-hybridized carbons (Fsp3) is 0.364. The summed E-state index contributed by atoms with van der Waals surface area (Å²) in [7, 11) is 0. The van der Waals surface area contributed by atoms with Crippen LogP contribution in [0.25, 0.3) is 0 Å². The van der Waals surface area contributed by atoms with Gasteiger partial charge in [-0.15, -0.1) is 0 Å². The van der Waals surface area contributed by atoms with Crippen molar-refractivity contribution in [1.29, 1.82) is 0 Å². The van der Waals surface area contributed by atoms with Crippen LogP contribution in [0.15, 0.2) is 23.5 Å². The highest BCUT2D eigenvalue weighted by Crippen LogP contribution is 2.16. The maximum atomic E-state index is 10.8.